The minimum absolute atomic E-state index is 0.00270. The van der Waals surface area contributed by atoms with E-state index in [1.165, 1.54) is 0 Å². The van der Waals surface area contributed by atoms with Crippen LogP contribution in [0.3, 0.4) is 0 Å². The number of anilines is 2. The Morgan fingerprint density at radius 1 is 1.07 bits per heavy atom. The van der Waals surface area contributed by atoms with Gasteiger partial charge in [-0.05, 0) is 46.8 Å². The van der Waals surface area contributed by atoms with Crippen LogP contribution >= 0.6 is 11.3 Å². The molecule has 1 heterocycles. The van der Waals surface area contributed by atoms with E-state index < -0.39 is 0 Å². The number of nitrogens with two attached hydrogens (primary N) is 1. The minimum atomic E-state index is -0.229. The van der Waals surface area contributed by atoms with Gasteiger partial charge in [-0.2, -0.15) is 0 Å². The quantitative estimate of drug-likeness (QED) is 0.538. The van der Waals surface area contributed by atoms with Crippen molar-refractivity contribution in [2.75, 3.05) is 11.1 Å². The molecule has 3 aromatic rings. The Kier molecular flexibility index (Phi) is 6.11. The molecule has 3 rings (SSSR count). The molecule has 0 spiro atoms. The van der Waals surface area contributed by atoms with Gasteiger partial charge in [0.1, 0.15) is 0 Å². The van der Waals surface area contributed by atoms with E-state index in [4.69, 9.17) is 5.73 Å². The summed E-state index contributed by atoms with van der Waals surface area (Å²) in [5.74, 6) is -0.281. The van der Waals surface area contributed by atoms with Crippen LogP contribution in [-0.2, 0) is 11.3 Å². The molecule has 4 N–H and O–H groups in total. The fourth-order valence-electron chi connectivity index (χ4n) is 2.62. The lowest BCUT2D eigenvalue weighted by atomic mass is 10.1. The number of benzene rings is 2. The van der Waals surface area contributed by atoms with Crippen LogP contribution in [-0.4, -0.2) is 11.8 Å². The SMILES string of the molecule is CC(C)C(=O)NCc1ccc(C(=O)Nc2cc(-c3cccs3)ccc2N)cc1. The van der Waals surface area contributed by atoms with Crippen LogP contribution in [0.1, 0.15) is 29.8 Å². The van der Waals surface area contributed by atoms with Crippen molar-refractivity contribution >= 4 is 34.5 Å². The number of carbonyl (C=O) groups is 2. The van der Waals surface area contributed by atoms with E-state index in [2.05, 4.69) is 10.6 Å². The summed E-state index contributed by atoms with van der Waals surface area (Å²) in [6, 6.07) is 16.8. The Morgan fingerprint density at radius 2 is 1.82 bits per heavy atom. The summed E-state index contributed by atoms with van der Waals surface area (Å²) in [4.78, 5) is 25.4. The van der Waals surface area contributed by atoms with Gasteiger partial charge in [0.15, 0.2) is 0 Å². The van der Waals surface area contributed by atoms with Crippen molar-refractivity contribution < 1.29 is 9.59 Å². The lowest BCUT2D eigenvalue weighted by molar-refractivity contribution is -0.124. The lowest BCUT2D eigenvalue weighted by Crippen LogP contribution is -2.27. The van der Waals surface area contributed by atoms with Gasteiger partial charge in [-0.1, -0.05) is 38.1 Å². The molecular weight excluding hydrogens is 370 g/mol. The van der Waals surface area contributed by atoms with E-state index in [1.54, 1.807) is 29.5 Å². The van der Waals surface area contributed by atoms with Gasteiger partial charge in [0.05, 0.1) is 11.4 Å². The van der Waals surface area contributed by atoms with Crippen molar-refractivity contribution in [3.63, 3.8) is 0 Å². The second-order valence-corrected chi connectivity index (χ2v) is 7.75. The zero-order chi connectivity index (χ0) is 20.1. The van der Waals surface area contributed by atoms with Gasteiger partial charge in [-0.25, -0.2) is 0 Å². The summed E-state index contributed by atoms with van der Waals surface area (Å²) in [5, 5.41) is 7.75. The smallest absolute Gasteiger partial charge is 0.255 e. The second kappa shape index (κ2) is 8.71. The number of rotatable bonds is 6. The normalized spacial score (nSPS) is 10.7. The van der Waals surface area contributed by atoms with E-state index in [9.17, 15) is 9.59 Å². The zero-order valence-electron chi connectivity index (χ0n) is 15.9. The largest absolute Gasteiger partial charge is 0.397 e. The molecule has 0 saturated carbocycles. The van der Waals surface area contributed by atoms with E-state index in [0.29, 0.717) is 23.5 Å². The predicted octanol–water partition coefficient (Wildman–Crippen LogP) is 4.52. The molecule has 0 atom stereocenters. The number of nitrogen functional groups attached to an aromatic ring is 1. The van der Waals surface area contributed by atoms with E-state index >= 15 is 0 Å². The van der Waals surface area contributed by atoms with E-state index in [1.807, 2.05) is 55.6 Å². The van der Waals surface area contributed by atoms with Crippen molar-refractivity contribution in [2.24, 2.45) is 5.92 Å². The molecule has 28 heavy (non-hydrogen) atoms. The van der Waals surface area contributed by atoms with Crippen LogP contribution in [0.2, 0.25) is 0 Å². The molecule has 5 nitrogen and oxygen atoms in total. The summed E-state index contributed by atoms with van der Waals surface area (Å²) in [6.07, 6.45) is 0. The number of hydrogen-bond donors (Lipinski definition) is 3. The van der Waals surface area contributed by atoms with Gasteiger partial charge in [0, 0.05) is 22.9 Å². The maximum Gasteiger partial charge on any atom is 0.255 e. The van der Waals surface area contributed by atoms with Gasteiger partial charge >= 0.3 is 0 Å². The average Bonchev–Trinajstić information content (AvgIpc) is 3.23. The summed E-state index contributed by atoms with van der Waals surface area (Å²) < 4.78 is 0. The number of thiophene rings is 1. The molecule has 144 valence electrons. The Hall–Kier alpha value is -3.12. The zero-order valence-corrected chi connectivity index (χ0v) is 16.7. The molecule has 2 aromatic carbocycles. The fraction of sp³-hybridized carbons (Fsp3) is 0.182. The second-order valence-electron chi connectivity index (χ2n) is 6.80. The molecule has 1 aromatic heterocycles. The van der Waals surface area contributed by atoms with E-state index in [-0.39, 0.29) is 17.7 Å². The standard InChI is InChI=1S/C22H23N3O2S/c1-14(2)21(26)24-13-15-5-7-16(8-6-15)22(27)25-19-12-17(9-10-18(19)23)20-4-3-11-28-20/h3-12,14H,13,23H2,1-2H3,(H,24,26)(H,25,27). The summed E-state index contributed by atoms with van der Waals surface area (Å²) in [7, 11) is 0. The van der Waals surface area contributed by atoms with E-state index in [0.717, 1.165) is 16.0 Å². The van der Waals surface area contributed by atoms with Crippen molar-refractivity contribution in [2.45, 2.75) is 20.4 Å². The van der Waals surface area contributed by atoms with Crippen LogP contribution < -0.4 is 16.4 Å². The first kappa shape index (κ1) is 19.6. The maximum atomic E-state index is 12.6. The Balaban J connectivity index is 1.68. The summed E-state index contributed by atoms with van der Waals surface area (Å²) in [6.45, 7) is 4.14. The summed E-state index contributed by atoms with van der Waals surface area (Å²) in [5.41, 5.74) is 9.61. The van der Waals surface area contributed by atoms with Gasteiger partial charge in [-0.15, -0.1) is 11.3 Å². The lowest BCUT2D eigenvalue weighted by Gasteiger charge is -2.11. The predicted molar refractivity (Wildman–Crippen MR) is 115 cm³/mol. The molecular formula is C22H23N3O2S. The van der Waals surface area contributed by atoms with Gasteiger partial charge in [0.25, 0.3) is 5.91 Å². The highest BCUT2D eigenvalue weighted by molar-refractivity contribution is 7.13. The Labute approximate surface area is 168 Å². The highest BCUT2D eigenvalue weighted by Crippen LogP contribution is 2.30. The van der Waals surface area contributed by atoms with Crippen LogP contribution in [0.5, 0.6) is 0 Å². The third-order valence-corrected chi connectivity index (χ3v) is 5.23. The first-order chi connectivity index (χ1) is 13.4. The van der Waals surface area contributed by atoms with Crippen LogP contribution in [0.15, 0.2) is 60.0 Å². The molecule has 6 heteroatoms. The van der Waals surface area contributed by atoms with Crippen LogP contribution in [0.4, 0.5) is 11.4 Å². The molecule has 0 aliphatic heterocycles. The number of carbonyl (C=O) groups excluding carboxylic acids is 2. The highest BCUT2D eigenvalue weighted by Gasteiger charge is 2.11. The third kappa shape index (κ3) is 4.78. The van der Waals surface area contributed by atoms with Gasteiger partial charge in [0.2, 0.25) is 5.91 Å². The molecule has 2 amide bonds. The van der Waals surface area contributed by atoms with Crippen LogP contribution in [0.25, 0.3) is 10.4 Å². The van der Waals surface area contributed by atoms with Crippen molar-refractivity contribution in [3.05, 3.63) is 71.1 Å². The molecule has 0 bridgehead atoms. The topological polar surface area (TPSA) is 84.2 Å². The average molecular weight is 394 g/mol. The van der Waals surface area contributed by atoms with Gasteiger partial charge in [-0.3, -0.25) is 9.59 Å². The fourth-order valence-corrected chi connectivity index (χ4v) is 3.35. The van der Waals surface area contributed by atoms with Crippen molar-refractivity contribution in [1.29, 1.82) is 0 Å². The Morgan fingerprint density at radius 3 is 2.46 bits per heavy atom. The highest BCUT2D eigenvalue weighted by atomic mass is 32.1. The molecule has 0 radical (unpaired) electrons. The molecule has 0 aliphatic rings. The number of hydrogen-bond acceptors (Lipinski definition) is 4. The minimum Gasteiger partial charge on any atom is -0.397 e. The molecule has 0 saturated heterocycles. The third-order valence-electron chi connectivity index (χ3n) is 4.31. The molecule has 0 unspecified atom stereocenters. The monoisotopic (exact) mass is 393 g/mol. The number of nitrogens with one attached hydrogen (secondary N) is 2. The van der Waals surface area contributed by atoms with Crippen LogP contribution in [0, 0.1) is 5.92 Å². The first-order valence-electron chi connectivity index (χ1n) is 9.05. The first-order valence-corrected chi connectivity index (χ1v) is 9.93. The maximum absolute atomic E-state index is 12.6. The molecule has 0 fully saturated rings. The molecule has 0 aliphatic carbocycles. The Bertz CT molecular complexity index is 964. The summed E-state index contributed by atoms with van der Waals surface area (Å²) >= 11 is 1.63. The van der Waals surface area contributed by atoms with Gasteiger partial charge < -0.3 is 16.4 Å². The van der Waals surface area contributed by atoms with Crippen molar-refractivity contribution in [3.8, 4) is 10.4 Å². The number of amides is 2. The van der Waals surface area contributed by atoms with Crippen molar-refractivity contribution in [1.82, 2.24) is 5.32 Å².